The number of morpholine rings is 1. The van der Waals surface area contributed by atoms with E-state index in [1.54, 1.807) is 0 Å². The average molecular weight is 220 g/mol. The smallest absolute Gasteiger partial charge is 0.0760 e. The molecule has 3 heteroatoms. The molecule has 1 rings (SSSR count). The van der Waals surface area contributed by atoms with Gasteiger partial charge in [-0.25, -0.2) is 0 Å². The van der Waals surface area contributed by atoms with E-state index in [-0.39, 0.29) is 11.2 Å². The number of ether oxygens (including phenoxy) is 1. The van der Waals surface area contributed by atoms with Crippen LogP contribution in [0.15, 0.2) is 0 Å². The van der Waals surface area contributed by atoms with Crippen molar-refractivity contribution in [3.8, 4) is 0 Å². The van der Waals surface area contributed by atoms with Gasteiger partial charge in [-0.3, -0.25) is 4.90 Å². The van der Waals surface area contributed by atoms with Gasteiger partial charge in [-0.2, -0.15) is 0 Å². The van der Waals surface area contributed by atoms with E-state index in [0.717, 1.165) is 31.9 Å². The van der Waals surface area contributed by atoms with E-state index >= 15 is 0 Å². The zero-order chi connectivity index (χ0) is 10.8. The van der Waals surface area contributed by atoms with Crippen molar-refractivity contribution in [2.24, 2.45) is 0 Å². The fraction of sp³-hybridized carbons (Fsp3) is 1.00. The summed E-state index contributed by atoms with van der Waals surface area (Å²) < 4.78 is 6.00. The van der Waals surface area contributed by atoms with Gasteiger partial charge in [0, 0.05) is 19.0 Å². The van der Waals surface area contributed by atoms with Crippen molar-refractivity contribution < 1.29 is 4.74 Å². The molecule has 84 valence electrons. The molecule has 0 bridgehead atoms. The Morgan fingerprint density at radius 2 is 1.64 bits per heavy atom. The molecule has 0 amide bonds. The molecule has 0 spiro atoms. The Morgan fingerprint density at radius 1 is 1.14 bits per heavy atom. The molecule has 0 aromatic heterocycles. The Balaban J connectivity index is 2.53. The maximum Gasteiger partial charge on any atom is 0.0760 e. The van der Waals surface area contributed by atoms with Crippen LogP contribution in [0.5, 0.6) is 0 Å². The summed E-state index contributed by atoms with van der Waals surface area (Å²) in [5.41, 5.74) is -0.0673. The van der Waals surface area contributed by atoms with Crippen LogP contribution in [-0.4, -0.2) is 41.6 Å². The summed E-state index contributed by atoms with van der Waals surface area (Å²) in [5, 5.41) is 0. The summed E-state index contributed by atoms with van der Waals surface area (Å²) in [6.07, 6.45) is 1.06. The highest BCUT2D eigenvalue weighted by Crippen LogP contribution is 2.27. The maximum absolute atomic E-state index is 6.00. The fourth-order valence-electron chi connectivity index (χ4n) is 2.39. The molecule has 14 heavy (non-hydrogen) atoms. The highest BCUT2D eigenvalue weighted by Gasteiger charge is 2.37. The Kier molecular flexibility index (Phi) is 3.84. The first kappa shape index (κ1) is 12.3. The van der Waals surface area contributed by atoms with Crippen LogP contribution in [0.25, 0.3) is 0 Å². The Labute approximate surface area is 92.6 Å². The molecule has 0 aromatic carbocycles. The van der Waals surface area contributed by atoms with Gasteiger partial charge in [-0.1, -0.05) is 0 Å². The van der Waals surface area contributed by atoms with Crippen molar-refractivity contribution in [2.75, 3.05) is 25.5 Å². The topological polar surface area (TPSA) is 12.5 Å². The molecule has 0 saturated carbocycles. The van der Waals surface area contributed by atoms with Crippen LogP contribution < -0.4 is 0 Å². The van der Waals surface area contributed by atoms with Crippen molar-refractivity contribution in [3.63, 3.8) is 0 Å². The molecule has 1 saturated heterocycles. The lowest BCUT2D eigenvalue weighted by atomic mass is 9.99. The van der Waals surface area contributed by atoms with Crippen LogP contribution in [0.4, 0.5) is 0 Å². The predicted molar refractivity (Wildman–Crippen MR) is 61.0 cm³/mol. The van der Waals surface area contributed by atoms with Gasteiger partial charge in [0.1, 0.15) is 0 Å². The van der Waals surface area contributed by atoms with Gasteiger partial charge in [-0.15, -0.1) is 11.6 Å². The van der Waals surface area contributed by atoms with Crippen molar-refractivity contribution in [1.82, 2.24) is 4.90 Å². The number of alkyl halides is 1. The van der Waals surface area contributed by atoms with Crippen molar-refractivity contribution in [3.05, 3.63) is 0 Å². The second kappa shape index (κ2) is 4.38. The molecular formula is C11H22ClNO. The summed E-state index contributed by atoms with van der Waals surface area (Å²) in [6, 6.07) is 0. The van der Waals surface area contributed by atoms with Crippen LogP contribution in [0.1, 0.15) is 34.1 Å². The van der Waals surface area contributed by atoms with Gasteiger partial charge >= 0.3 is 0 Å². The standard InChI is InChI=1S/C11H22ClNO/c1-10(2)8-13(7-5-6-12)9-11(3,4)14-10/h5-9H2,1-4H3. The van der Waals surface area contributed by atoms with Crippen molar-refractivity contribution in [2.45, 2.75) is 45.3 Å². The monoisotopic (exact) mass is 219 g/mol. The van der Waals surface area contributed by atoms with Gasteiger partial charge in [0.15, 0.2) is 0 Å². The van der Waals surface area contributed by atoms with Crippen molar-refractivity contribution in [1.29, 1.82) is 0 Å². The Hall–Kier alpha value is 0.210. The predicted octanol–water partition coefficient (Wildman–Crippen LogP) is 2.50. The Morgan fingerprint density at radius 3 is 2.07 bits per heavy atom. The van der Waals surface area contributed by atoms with E-state index in [9.17, 15) is 0 Å². The third-order valence-corrected chi connectivity index (χ3v) is 2.64. The summed E-state index contributed by atoms with van der Waals surface area (Å²) in [5.74, 6) is 0.748. The van der Waals surface area contributed by atoms with Crippen LogP contribution in [0, 0.1) is 0 Å². The summed E-state index contributed by atoms with van der Waals surface area (Å²) >= 11 is 5.70. The number of hydrogen-bond donors (Lipinski definition) is 0. The lowest BCUT2D eigenvalue weighted by Crippen LogP contribution is -2.57. The zero-order valence-electron chi connectivity index (χ0n) is 9.77. The molecule has 0 aromatic rings. The second-order valence-electron chi connectivity index (χ2n) is 5.37. The highest BCUT2D eigenvalue weighted by atomic mass is 35.5. The minimum atomic E-state index is -0.0337. The molecule has 1 aliphatic rings. The largest absolute Gasteiger partial charge is 0.367 e. The number of nitrogens with zero attached hydrogens (tertiary/aromatic N) is 1. The maximum atomic E-state index is 6.00. The minimum absolute atomic E-state index is 0.0337. The lowest BCUT2D eigenvalue weighted by Gasteiger charge is -2.47. The summed E-state index contributed by atoms with van der Waals surface area (Å²) in [6.45, 7) is 11.7. The molecule has 0 radical (unpaired) electrons. The minimum Gasteiger partial charge on any atom is -0.367 e. The van der Waals surface area contributed by atoms with E-state index in [1.807, 2.05) is 0 Å². The SMILES string of the molecule is CC1(C)CN(CCCCl)CC(C)(C)O1. The second-order valence-corrected chi connectivity index (χ2v) is 5.75. The first-order valence-electron chi connectivity index (χ1n) is 5.33. The fourth-order valence-corrected chi connectivity index (χ4v) is 2.51. The van der Waals surface area contributed by atoms with E-state index in [4.69, 9.17) is 16.3 Å². The molecule has 1 aliphatic heterocycles. The summed E-state index contributed by atoms with van der Waals surface area (Å²) in [4.78, 5) is 2.45. The lowest BCUT2D eigenvalue weighted by molar-refractivity contribution is -0.180. The van der Waals surface area contributed by atoms with Gasteiger partial charge in [0.25, 0.3) is 0 Å². The third kappa shape index (κ3) is 3.76. The van der Waals surface area contributed by atoms with Gasteiger partial charge in [0.05, 0.1) is 11.2 Å². The quantitative estimate of drug-likeness (QED) is 0.677. The zero-order valence-corrected chi connectivity index (χ0v) is 10.5. The number of rotatable bonds is 3. The molecule has 1 heterocycles. The third-order valence-electron chi connectivity index (χ3n) is 2.37. The first-order valence-corrected chi connectivity index (χ1v) is 5.87. The summed E-state index contributed by atoms with van der Waals surface area (Å²) in [7, 11) is 0. The average Bonchev–Trinajstić information content (AvgIpc) is 1.94. The first-order chi connectivity index (χ1) is 6.35. The highest BCUT2D eigenvalue weighted by molar-refractivity contribution is 6.17. The number of hydrogen-bond acceptors (Lipinski definition) is 2. The van der Waals surface area contributed by atoms with Gasteiger partial charge < -0.3 is 4.74 Å². The van der Waals surface area contributed by atoms with Crippen LogP contribution in [0.2, 0.25) is 0 Å². The van der Waals surface area contributed by atoms with Crippen molar-refractivity contribution >= 4 is 11.6 Å². The molecular weight excluding hydrogens is 198 g/mol. The normalized spacial score (nSPS) is 26.4. The van der Waals surface area contributed by atoms with E-state index in [1.165, 1.54) is 0 Å². The molecule has 1 fully saturated rings. The number of halogens is 1. The molecule has 2 nitrogen and oxygen atoms in total. The van der Waals surface area contributed by atoms with Crippen LogP contribution in [-0.2, 0) is 4.74 Å². The Bertz CT molecular complexity index is 176. The van der Waals surface area contributed by atoms with Crippen LogP contribution >= 0.6 is 11.6 Å². The van der Waals surface area contributed by atoms with E-state index in [0.29, 0.717) is 0 Å². The molecule has 0 unspecified atom stereocenters. The van der Waals surface area contributed by atoms with Crippen LogP contribution in [0.3, 0.4) is 0 Å². The van der Waals surface area contributed by atoms with E-state index in [2.05, 4.69) is 32.6 Å². The van der Waals surface area contributed by atoms with Gasteiger partial charge in [0.2, 0.25) is 0 Å². The molecule has 0 N–H and O–H groups in total. The molecule has 0 atom stereocenters. The molecule has 0 aliphatic carbocycles. The van der Waals surface area contributed by atoms with Gasteiger partial charge in [-0.05, 0) is 40.7 Å². The van der Waals surface area contributed by atoms with E-state index < -0.39 is 0 Å².